The standard InChI is InChI=1S/C59H54N2/c1-57(2,3)39-27-31-43(32-28-39)60(41-19-11-9-12-20-41)45-35-36-50-51(37-45)46-23-15-17-25-48(46)54-52-38-53(47-24-16-18-26-49(47)55(52)59(7,8)56(50)54)61(42-21-13-10-14-22-42)44-33-29-40(30-34-44)58(4,5)6/h9-38H,1-8H3. The molecule has 9 aromatic carbocycles. The number of para-hydroxylation sites is 2. The summed E-state index contributed by atoms with van der Waals surface area (Å²) in [5, 5.41) is 7.68. The average molecular weight is 791 g/mol. The maximum atomic E-state index is 2.50. The van der Waals surface area contributed by atoms with Crippen molar-refractivity contribution in [2.24, 2.45) is 0 Å². The summed E-state index contributed by atoms with van der Waals surface area (Å²) in [5.41, 5.74) is 14.9. The van der Waals surface area contributed by atoms with Crippen molar-refractivity contribution >= 4 is 66.4 Å². The number of nitrogens with zero attached hydrogens (tertiary/aromatic N) is 2. The first-order valence-electron chi connectivity index (χ1n) is 21.8. The Balaban J connectivity index is 1.22. The summed E-state index contributed by atoms with van der Waals surface area (Å²) in [4.78, 5) is 4.86. The molecule has 0 fully saturated rings. The molecule has 0 N–H and O–H groups in total. The lowest BCUT2D eigenvalue weighted by Crippen LogP contribution is -2.17. The number of fused-ring (bicyclic) bond motifs is 10. The summed E-state index contributed by atoms with van der Waals surface area (Å²) in [6.45, 7) is 18.6. The highest BCUT2D eigenvalue weighted by atomic mass is 15.1. The maximum absolute atomic E-state index is 2.50. The first-order valence-corrected chi connectivity index (χ1v) is 21.8. The van der Waals surface area contributed by atoms with E-state index in [4.69, 9.17) is 0 Å². The van der Waals surface area contributed by atoms with Crippen molar-refractivity contribution < 1.29 is 0 Å². The Bertz CT molecular complexity index is 3090. The van der Waals surface area contributed by atoms with Gasteiger partial charge < -0.3 is 9.80 Å². The zero-order chi connectivity index (χ0) is 42.3. The zero-order valence-corrected chi connectivity index (χ0v) is 36.7. The summed E-state index contributed by atoms with van der Waals surface area (Å²) >= 11 is 0. The fourth-order valence-corrected chi connectivity index (χ4v) is 10.0. The Morgan fingerprint density at radius 3 is 1.33 bits per heavy atom. The monoisotopic (exact) mass is 790 g/mol. The largest absolute Gasteiger partial charge is 0.310 e. The van der Waals surface area contributed by atoms with E-state index in [9.17, 15) is 0 Å². The van der Waals surface area contributed by atoms with Gasteiger partial charge in [-0.05, 0) is 138 Å². The topological polar surface area (TPSA) is 6.48 Å². The van der Waals surface area contributed by atoms with Gasteiger partial charge in [-0.15, -0.1) is 0 Å². The first kappa shape index (κ1) is 38.6. The van der Waals surface area contributed by atoms with Gasteiger partial charge in [0.15, 0.2) is 0 Å². The van der Waals surface area contributed by atoms with E-state index in [0.717, 1.165) is 28.4 Å². The van der Waals surface area contributed by atoms with Gasteiger partial charge in [-0.2, -0.15) is 0 Å². The summed E-state index contributed by atoms with van der Waals surface area (Å²) in [6.07, 6.45) is 0. The quantitative estimate of drug-likeness (QED) is 0.155. The lowest BCUT2D eigenvalue weighted by atomic mass is 9.77. The predicted octanol–water partition coefficient (Wildman–Crippen LogP) is 17.0. The fraction of sp³-hybridized carbons (Fsp3) is 0.186. The van der Waals surface area contributed by atoms with Gasteiger partial charge in [0.25, 0.3) is 0 Å². The van der Waals surface area contributed by atoms with Gasteiger partial charge >= 0.3 is 0 Å². The molecular weight excluding hydrogens is 737 g/mol. The smallest absolute Gasteiger partial charge is 0.0546 e. The molecular formula is C59H54N2. The second-order valence-electron chi connectivity index (χ2n) is 19.4. The van der Waals surface area contributed by atoms with Crippen LogP contribution in [0.15, 0.2) is 182 Å². The molecule has 0 saturated heterocycles. The molecule has 0 aliphatic heterocycles. The third-order valence-corrected chi connectivity index (χ3v) is 13.1. The average Bonchev–Trinajstić information content (AvgIpc) is 3.51. The molecule has 300 valence electrons. The molecule has 0 saturated carbocycles. The van der Waals surface area contributed by atoms with Crippen molar-refractivity contribution in [3.05, 3.63) is 204 Å². The van der Waals surface area contributed by atoms with Crippen LogP contribution in [0.2, 0.25) is 0 Å². The van der Waals surface area contributed by atoms with E-state index in [2.05, 4.69) is 247 Å². The fourth-order valence-electron chi connectivity index (χ4n) is 10.0. The first-order chi connectivity index (χ1) is 29.3. The minimum absolute atomic E-state index is 0.0633. The van der Waals surface area contributed by atoms with Crippen LogP contribution in [0.1, 0.15) is 77.6 Å². The van der Waals surface area contributed by atoms with E-state index in [-0.39, 0.29) is 16.2 Å². The molecule has 61 heavy (non-hydrogen) atoms. The van der Waals surface area contributed by atoms with Crippen LogP contribution in [0, 0.1) is 0 Å². The van der Waals surface area contributed by atoms with E-state index in [1.165, 1.54) is 71.4 Å². The molecule has 0 unspecified atom stereocenters. The van der Waals surface area contributed by atoms with Crippen molar-refractivity contribution in [3.63, 3.8) is 0 Å². The molecule has 0 atom stereocenters. The van der Waals surface area contributed by atoms with Crippen LogP contribution < -0.4 is 9.80 Å². The second kappa shape index (κ2) is 14.2. The highest BCUT2D eigenvalue weighted by Crippen LogP contribution is 2.59. The molecule has 0 heterocycles. The number of hydrogen-bond donors (Lipinski definition) is 0. The molecule has 2 nitrogen and oxygen atoms in total. The molecule has 2 heteroatoms. The molecule has 1 aliphatic rings. The lowest BCUT2D eigenvalue weighted by Gasteiger charge is -2.30. The molecule has 0 bridgehead atoms. The molecule has 0 spiro atoms. The van der Waals surface area contributed by atoms with Gasteiger partial charge in [0.2, 0.25) is 0 Å². The van der Waals surface area contributed by atoms with Crippen LogP contribution in [0.4, 0.5) is 34.1 Å². The Morgan fingerprint density at radius 1 is 0.344 bits per heavy atom. The van der Waals surface area contributed by atoms with Crippen molar-refractivity contribution in [1.82, 2.24) is 0 Å². The van der Waals surface area contributed by atoms with Gasteiger partial charge in [-0.25, -0.2) is 0 Å². The van der Waals surface area contributed by atoms with Crippen molar-refractivity contribution in [2.75, 3.05) is 9.80 Å². The number of benzene rings is 9. The van der Waals surface area contributed by atoms with Crippen LogP contribution in [-0.2, 0) is 16.2 Å². The molecule has 1 aliphatic carbocycles. The third kappa shape index (κ3) is 6.39. The van der Waals surface area contributed by atoms with E-state index in [1.54, 1.807) is 0 Å². The zero-order valence-electron chi connectivity index (χ0n) is 36.7. The molecule has 10 rings (SSSR count). The highest BCUT2D eigenvalue weighted by molar-refractivity contribution is 6.21. The van der Waals surface area contributed by atoms with E-state index in [1.807, 2.05) is 0 Å². The molecule has 0 radical (unpaired) electrons. The second-order valence-corrected chi connectivity index (χ2v) is 19.4. The SMILES string of the molecule is CC(C)(C)c1ccc(N(c2ccccc2)c2ccc3c4c(c5ccccc5c3c2)-c2cc(N(c3ccccc3)c3ccc(C(C)(C)C)cc3)c3ccccc3c2C4(C)C)cc1. The van der Waals surface area contributed by atoms with Crippen LogP contribution in [0.25, 0.3) is 43.4 Å². The summed E-state index contributed by atoms with van der Waals surface area (Å²) in [5.74, 6) is 0. The van der Waals surface area contributed by atoms with Crippen molar-refractivity contribution in [2.45, 2.75) is 71.6 Å². The predicted molar refractivity (Wildman–Crippen MR) is 263 cm³/mol. The Labute approximate surface area is 361 Å². The Kier molecular flexibility index (Phi) is 9.00. The van der Waals surface area contributed by atoms with E-state index < -0.39 is 0 Å². The van der Waals surface area contributed by atoms with Crippen LogP contribution in [-0.4, -0.2) is 0 Å². The molecule has 0 aromatic heterocycles. The Morgan fingerprint density at radius 2 is 0.770 bits per heavy atom. The van der Waals surface area contributed by atoms with E-state index in [0.29, 0.717) is 0 Å². The summed E-state index contributed by atoms with van der Waals surface area (Å²) < 4.78 is 0. The van der Waals surface area contributed by atoms with Crippen molar-refractivity contribution in [1.29, 1.82) is 0 Å². The maximum Gasteiger partial charge on any atom is 0.0546 e. The molecule has 0 amide bonds. The van der Waals surface area contributed by atoms with Gasteiger partial charge in [-0.3, -0.25) is 0 Å². The van der Waals surface area contributed by atoms with Gasteiger partial charge in [0.1, 0.15) is 0 Å². The normalized spacial score (nSPS) is 13.4. The summed E-state index contributed by atoms with van der Waals surface area (Å²) in [7, 11) is 0. The number of hydrogen-bond acceptors (Lipinski definition) is 2. The van der Waals surface area contributed by atoms with Gasteiger partial charge in [0, 0.05) is 39.2 Å². The van der Waals surface area contributed by atoms with Crippen LogP contribution in [0.3, 0.4) is 0 Å². The Hall–Kier alpha value is -6.64. The van der Waals surface area contributed by atoms with E-state index >= 15 is 0 Å². The highest BCUT2D eigenvalue weighted by Gasteiger charge is 2.41. The minimum Gasteiger partial charge on any atom is -0.310 e. The van der Waals surface area contributed by atoms with Crippen LogP contribution in [0.5, 0.6) is 0 Å². The third-order valence-electron chi connectivity index (χ3n) is 13.1. The lowest BCUT2D eigenvalue weighted by molar-refractivity contribution is 0.590. The number of anilines is 6. The summed E-state index contributed by atoms with van der Waals surface area (Å²) in [6, 6.07) is 67.8. The van der Waals surface area contributed by atoms with Crippen molar-refractivity contribution in [3.8, 4) is 11.1 Å². The molecule has 9 aromatic rings. The minimum atomic E-state index is -0.277. The van der Waals surface area contributed by atoms with Gasteiger partial charge in [0.05, 0.1) is 5.69 Å². The van der Waals surface area contributed by atoms with Gasteiger partial charge in [-0.1, -0.05) is 171 Å². The van der Waals surface area contributed by atoms with Crippen LogP contribution >= 0.6 is 0 Å². The number of rotatable bonds is 6.